The fourth-order valence-corrected chi connectivity index (χ4v) is 3.39. The Labute approximate surface area is 139 Å². The number of halogens is 1. The zero-order valence-corrected chi connectivity index (χ0v) is 13.9. The van der Waals surface area contributed by atoms with Crippen LogP contribution in [0.15, 0.2) is 30.3 Å². The van der Waals surface area contributed by atoms with Crippen molar-refractivity contribution in [3.05, 3.63) is 52.3 Å². The summed E-state index contributed by atoms with van der Waals surface area (Å²) in [6, 6.07) is 8.96. The molecule has 0 spiro atoms. The van der Waals surface area contributed by atoms with E-state index in [9.17, 15) is 14.7 Å². The molecule has 0 saturated heterocycles. The number of nitrogens with zero attached hydrogens (tertiary/aromatic N) is 1. The molecule has 0 fully saturated rings. The summed E-state index contributed by atoms with van der Waals surface area (Å²) in [7, 11) is 0. The van der Waals surface area contributed by atoms with Crippen molar-refractivity contribution in [2.45, 2.75) is 33.1 Å². The van der Waals surface area contributed by atoms with Gasteiger partial charge in [-0.1, -0.05) is 25.4 Å². The monoisotopic (exact) mass is 331 g/mol. The van der Waals surface area contributed by atoms with Crippen molar-refractivity contribution in [2.24, 2.45) is 5.41 Å². The first-order valence-electron chi connectivity index (χ1n) is 7.51. The largest absolute Gasteiger partial charge is 0.481 e. The van der Waals surface area contributed by atoms with Crippen LogP contribution in [-0.4, -0.2) is 21.4 Å². The minimum absolute atomic E-state index is 0.0793. The van der Waals surface area contributed by atoms with E-state index in [1.807, 2.05) is 16.7 Å². The molecule has 1 aliphatic rings. The van der Waals surface area contributed by atoms with Crippen LogP contribution in [0, 0.1) is 5.41 Å². The molecule has 0 saturated carbocycles. The Kier molecular flexibility index (Phi) is 3.80. The van der Waals surface area contributed by atoms with E-state index in [4.69, 9.17) is 11.6 Å². The van der Waals surface area contributed by atoms with Crippen LogP contribution >= 0.6 is 11.6 Å². The number of hydrogen-bond donors (Lipinski definition) is 1. The predicted molar refractivity (Wildman–Crippen MR) is 88.6 cm³/mol. The molecule has 1 aromatic carbocycles. The number of carbonyl (C=O) groups excluding carboxylic acids is 1. The second-order valence-electron chi connectivity index (χ2n) is 6.82. The van der Waals surface area contributed by atoms with Gasteiger partial charge in [-0.3, -0.25) is 9.59 Å². The van der Waals surface area contributed by atoms with E-state index in [0.29, 0.717) is 22.7 Å². The highest BCUT2D eigenvalue weighted by atomic mass is 35.5. The molecule has 1 aromatic heterocycles. The van der Waals surface area contributed by atoms with Gasteiger partial charge in [-0.15, -0.1) is 0 Å². The zero-order valence-electron chi connectivity index (χ0n) is 13.1. The first kappa shape index (κ1) is 15.8. The van der Waals surface area contributed by atoms with Crippen LogP contribution in [0.5, 0.6) is 0 Å². The molecule has 120 valence electrons. The minimum Gasteiger partial charge on any atom is -0.481 e. The number of carbonyl (C=O) groups is 2. The number of fused-ring (bicyclic) bond motifs is 1. The van der Waals surface area contributed by atoms with E-state index in [1.54, 1.807) is 18.2 Å². The van der Waals surface area contributed by atoms with Gasteiger partial charge in [-0.05, 0) is 42.2 Å². The molecule has 0 aliphatic heterocycles. The normalized spacial score (nSPS) is 16.2. The zero-order chi connectivity index (χ0) is 16.8. The highest BCUT2D eigenvalue weighted by Gasteiger charge is 2.34. The predicted octanol–water partition coefficient (Wildman–Crippen LogP) is 3.91. The Morgan fingerprint density at radius 3 is 2.52 bits per heavy atom. The van der Waals surface area contributed by atoms with Crippen molar-refractivity contribution in [1.82, 2.24) is 4.57 Å². The van der Waals surface area contributed by atoms with Crippen LogP contribution in [0.1, 0.15) is 42.0 Å². The molecule has 0 atom stereocenters. The summed E-state index contributed by atoms with van der Waals surface area (Å²) in [5.74, 6) is -0.836. The molecule has 4 nitrogen and oxygen atoms in total. The molecule has 0 bridgehead atoms. The topological polar surface area (TPSA) is 59.3 Å². The van der Waals surface area contributed by atoms with Crippen molar-refractivity contribution >= 4 is 23.4 Å². The van der Waals surface area contributed by atoms with Crippen LogP contribution in [0.25, 0.3) is 5.69 Å². The minimum atomic E-state index is -0.915. The van der Waals surface area contributed by atoms with Gasteiger partial charge in [0.15, 0.2) is 5.78 Å². The Morgan fingerprint density at radius 1 is 1.26 bits per heavy atom. The average Bonchev–Trinajstić information content (AvgIpc) is 2.76. The molecule has 1 heterocycles. The maximum Gasteiger partial charge on any atom is 0.309 e. The second-order valence-corrected chi connectivity index (χ2v) is 7.26. The van der Waals surface area contributed by atoms with E-state index in [-0.39, 0.29) is 17.6 Å². The number of carboxylic acid groups (broad SMARTS) is 1. The summed E-state index contributed by atoms with van der Waals surface area (Å²) in [5, 5.41) is 9.81. The van der Waals surface area contributed by atoms with Gasteiger partial charge in [0.05, 0.1) is 6.42 Å². The number of ketones is 1. The van der Waals surface area contributed by atoms with Gasteiger partial charge in [0, 0.05) is 34.1 Å². The highest BCUT2D eigenvalue weighted by Crippen LogP contribution is 2.37. The number of benzene rings is 1. The molecular weight excluding hydrogens is 314 g/mol. The Bertz CT molecular complexity index is 787. The van der Waals surface area contributed by atoms with Gasteiger partial charge >= 0.3 is 5.97 Å². The van der Waals surface area contributed by atoms with Crippen LogP contribution in [-0.2, 0) is 17.6 Å². The molecule has 1 aliphatic carbocycles. The Morgan fingerprint density at radius 2 is 1.91 bits per heavy atom. The summed E-state index contributed by atoms with van der Waals surface area (Å²) >= 11 is 5.95. The third-order valence-corrected chi connectivity index (χ3v) is 4.43. The van der Waals surface area contributed by atoms with E-state index >= 15 is 0 Å². The Hall–Kier alpha value is -2.07. The third kappa shape index (κ3) is 3.04. The fraction of sp³-hybridized carbons (Fsp3) is 0.333. The van der Waals surface area contributed by atoms with Crippen molar-refractivity contribution in [3.8, 4) is 5.69 Å². The molecule has 0 radical (unpaired) electrons. The smallest absolute Gasteiger partial charge is 0.309 e. The molecule has 1 N–H and O–H groups in total. The summed E-state index contributed by atoms with van der Waals surface area (Å²) in [6.45, 7) is 4.12. The SMILES string of the molecule is CC1(C)CC(=O)c2cc(CC(=O)O)n(-c3ccc(Cl)cc3)c2C1. The van der Waals surface area contributed by atoms with Crippen molar-refractivity contribution in [3.63, 3.8) is 0 Å². The first-order valence-corrected chi connectivity index (χ1v) is 7.89. The average molecular weight is 332 g/mol. The van der Waals surface area contributed by atoms with E-state index < -0.39 is 5.97 Å². The Balaban J connectivity index is 2.21. The van der Waals surface area contributed by atoms with Crippen LogP contribution < -0.4 is 0 Å². The molecule has 3 rings (SSSR count). The number of rotatable bonds is 3. The lowest BCUT2D eigenvalue weighted by molar-refractivity contribution is -0.136. The molecule has 0 unspecified atom stereocenters. The molecule has 2 aromatic rings. The maximum absolute atomic E-state index is 12.5. The van der Waals surface area contributed by atoms with Crippen molar-refractivity contribution in [1.29, 1.82) is 0 Å². The second kappa shape index (κ2) is 5.53. The highest BCUT2D eigenvalue weighted by molar-refractivity contribution is 6.30. The number of hydrogen-bond acceptors (Lipinski definition) is 2. The number of aromatic nitrogens is 1. The van der Waals surface area contributed by atoms with Gasteiger partial charge in [0.25, 0.3) is 0 Å². The lowest BCUT2D eigenvalue weighted by atomic mass is 9.76. The van der Waals surface area contributed by atoms with Gasteiger partial charge in [-0.2, -0.15) is 0 Å². The standard InChI is InChI=1S/C18H18ClNO3/c1-18(2)9-15-14(16(21)10-18)7-13(8-17(22)23)20(15)12-5-3-11(19)4-6-12/h3-7H,8-10H2,1-2H3,(H,22,23). The van der Waals surface area contributed by atoms with E-state index in [2.05, 4.69) is 13.8 Å². The van der Waals surface area contributed by atoms with Crippen LogP contribution in [0.4, 0.5) is 0 Å². The number of Topliss-reactive ketones (excluding diaryl/α,β-unsaturated/α-hetero) is 1. The summed E-state index contributed by atoms with van der Waals surface area (Å²) in [6.07, 6.45) is 1.09. The quantitative estimate of drug-likeness (QED) is 0.927. The number of carboxylic acids is 1. The third-order valence-electron chi connectivity index (χ3n) is 4.18. The fourth-order valence-electron chi connectivity index (χ4n) is 3.27. The molecular formula is C18H18ClNO3. The van der Waals surface area contributed by atoms with Crippen molar-refractivity contribution < 1.29 is 14.7 Å². The summed E-state index contributed by atoms with van der Waals surface area (Å²) < 4.78 is 1.90. The van der Waals surface area contributed by atoms with E-state index in [1.165, 1.54) is 0 Å². The first-order chi connectivity index (χ1) is 10.8. The lowest BCUT2D eigenvalue weighted by Crippen LogP contribution is -2.27. The lowest BCUT2D eigenvalue weighted by Gasteiger charge is -2.30. The summed E-state index contributed by atoms with van der Waals surface area (Å²) in [4.78, 5) is 23.7. The van der Waals surface area contributed by atoms with E-state index in [0.717, 1.165) is 17.8 Å². The van der Waals surface area contributed by atoms with Gasteiger partial charge < -0.3 is 9.67 Å². The molecule has 0 amide bonds. The summed E-state index contributed by atoms with van der Waals surface area (Å²) in [5.41, 5.74) is 2.86. The van der Waals surface area contributed by atoms with Crippen molar-refractivity contribution in [2.75, 3.05) is 0 Å². The van der Waals surface area contributed by atoms with Gasteiger partial charge in [0.2, 0.25) is 0 Å². The van der Waals surface area contributed by atoms with Crippen LogP contribution in [0.3, 0.4) is 0 Å². The van der Waals surface area contributed by atoms with Gasteiger partial charge in [0.1, 0.15) is 0 Å². The number of aliphatic carboxylic acids is 1. The van der Waals surface area contributed by atoms with Gasteiger partial charge in [-0.25, -0.2) is 0 Å². The van der Waals surface area contributed by atoms with Crippen LogP contribution in [0.2, 0.25) is 5.02 Å². The molecule has 5 heteroatoms. The maximum atomic E-state index is 12.5. The molecule has 23 heavy (non-hydrogen) atoms.